The summed E-state index contributed by atoms with van der Waals surface area (Å²) in [7, 11) is 1.93. The van der Waals surface area contributed by atoms with Crippen LogP contribution in [0.3, 0.4) is 0 Å². The predicted octanol–water partition coefficient (Wildman–Crippen LogP) is 2.09. The Morgan fingerprint density at radius 3 is 2.64 bits per heavy atom. The van der Waals surface area contributed by atoms with Crippen molar-refractivity contribution in [3.05, 3.63) is 36.4 Å². The van der Waals surface area contributed by atoms with E-state index in [9.17, 15) is 0 Å². The van der Waals surface area contributed by atoms with E-state index in [2.05, 4.69) is 21.9 Å². The van der Waals surface area contributed by atoms with Gasteiger partial charge < -0.3 is 5.32 Å². The molecule has 1 aromatic heterocycles. The summed E-state index contributed by atoms with van der Waals surface area (Å²) in [5.74, 6) is 0.858. The standard InChI is InChI=1S/C11H17N3/c1-9(2)5-6-10(12-3)11-13-7-4-8-14-11/h4,7-8,10,12H,1,5-6H2,2-3H3. The molecule has 0 aliphatic carbocycles. The molecule has 14 heavy (non-hydrogen) atoms. The van der Waals surface area contributed by atoms with Crippen molar-refractivity contribution in [1.82, 2.24) is 15.3 Å². The number of nitrogens with one attached hydrogen (secondary N) is 1. The summed E-state index contributed by atoms with van der Waals surface area (Å²) in [6.07, 6.45) is 5.54. The van der Waals surface area contributed by atoms with E-state index < -0.39 is 0 Å². The fraction of sp³-hybridized carbons (Fsp3) is 0.455. The topological polar surface area (TPSA) is 37.8 Å². The number of rotatable bonds is 5. The molecule has 3 nitrogen and oxygen atoms in total. The molecule has 3 heteroatoms. The molecule has 0 aliphatic rings. The van der Waals surface area contributed by atoms with Gasteiger partial charge in [0, 0.05) is 12.4 Å². The van der Waals surface area contributed by atoms with Crippen LogP contribution in [0.15, 0.2) is 30.6 Å². The van der Waals surface area contributed by atoms with Crippen molar-refractivity contribution in [2.45, 2.75) is 25.8 Å². The monoisotopic (exact) mass is 191 g/mol. The van der Waals surface area contributed by atoms with Gasteiger partial charge in [-0.25, -0.2) is 9.97 Å². The highest BCUT2D eigenvalue weighted by Crippen LogP contribution is 2.15. The van der Waals surface area contributed by atoms with Crippen LogP contribution in [0.5, 0.6) is 0 Å². The second-order valence-electron chi connectivity index (χ2n) is 3.44. The van der Waals surface area contributed by atoms with Crippen molar-refractivity contribution in [3.63, 3.8) is 0 Å². The molecule has 1 unspecified atom stereocenters. The minimum atomic E-state index is 0.230. The van der Waals surface area contributed by atoms with E-state index in [-0.39, 0.29) is 6.04 Å². The van der Waals surface area contributed by atoms with Crippen LogP contribution in [0.4, 0.5) is 0 Å². The second-order valence-corrected chi connectivity index (χ2v) is 3.44. The first-order valence-electron chi connectivity index (χ1n) is 4.82. The van der Waals surface area contributed by atoms with E-state index in [1.54, 1.807) is 12.4 Å². The van der Waals surface area contributed by atoms with Gasteiger partial charge in [-0.1, -0.05) is 5.57 Å². The molecule has 0 radical (unpaired) electrons. The Hall–Kier alpha value is -1.22. The Morgan fingerprint density at radius 1 is 1.50 bits per heavy atom. The van der Waals surface area contributed by atoms with Crippen molar-refractivity contribution in [3.8, 4) is 0 Å². The summed E-state index contributed by atoms with van der Waals surface area (Å²) in [5.41, 5.74) is 1.20. The number of hydrogen-bond acceptors (Lipinski definition) is 3. The van der Waals surface area contributed by atoms with Crippen LogP contribution in [0.1, 0.15) is 31.6 Å². The Bertz CT molecular complexity index is 282. The molecule has 76 valence electrons. The Morgan fingerprint density at radius 2 is 2.14 bits per heavy atom. The highest BCUT2D eigenvalue weighted by molar-refractivity contribution is 4.98. The molecule has 1 rings (SSSR count). The highest BCUT2D eigenvalue weighted by atomic mass is 15.0. The molecule has 0 spiro atoms. The number of nitrogens with zero attached hydrogens (tertiary/aromatic N) is 2. The average molecular weight is 191 g/mol. The predicted molar refractivity (Wildman–Crippen MR) is 57.9 cm³/mol. The van der Waals surface area contributed by atoms with E-state index in [1.165, 1.54) is 5.57 Å². The van der Waals surface area contributed by atoms with Gasteiger partial charge in [0.1, 0.15) is 5.82 Å². The third kappa shape index (κ3) is 3.26. The summed E-state index contributed by atoms with van der Waals surface area (Å²) < 4.78 is 0. The lowest BCUT2D eigenvalue weighted by atomic mass is 10.1. The van der Waals surface area contributed by atoms with Crippen LogP contribution in [0, 0.1) is 0 Å². The quantitative estimate of drug-likeness (QED) is 0.724. The van der Waals surface area contributed by atoms with E-state index in [0.29, 0.717) is 0 Å². The first-order chi connectivity index (χ1) is 6.74. The third-order valence-corrected chi connectivity index (χ3v) is 2.11. The summed E-state index contributed by atoms with van der Waals surface area (Å²) in [6, 6.07) is 2.06. The van der Waals surface area contributed by atoms with E-state index in [0.717, 1.165) is 18.7 Å². The fourth-order valence-corrected chi connectivity index (χ4v) is 1.28. The molecule has 1 aromatic rings. The molecule has 0 aliphatic heterocycles. The minimum Gasteiger partial charge on any atom is -0.310 e. The van der Waals surface area contributed by atoms with Gasteiger partial charge >= 0.3 is 0 Å². The van der Waals surface area contributed by atoms with Gasteiger partial charge in [-0.15, -0.1) is 6.58 Å². The van der Waals surface area contributed by atoms with Gasteiger partial charge in [-0.3, -0.25) is 0 Å². The SMILES string of the molecule is C=C(C)CCC(NC)c1ncccn1. The van der Waals surface area contributed by atoms with Gasteiger partial charge in [0.15, 0.2) is 0 Å². The first-order valence-corrected chi connectivity index (χ1v) is 4.82. The van der Waals surface area contributed by atoms with Crippen molar-refractivity contribution in [2.75, 3.05) is 7.05 Å². The number of hydrogen-bond donors (Lipinski definition) is 1. The van der Waals surface area contributed by atoms with Crippen molar-refractivity contribution < 1.29 is 0 Å². The van der Waals surface area contributed by atoms with E-state index >= 15 is 0 Å². The van der Waals surface area contributed by atoms with Gasteiger partial charge in [0.05, 0.1) is 6.04 Å². The van der Waals surface area contributed by atoms with Crippen molar-refractivity contribution in [1.29, 1.82) is 0 Å². The number of aromatic nitrogens is 2. The van der Waals surface area contributed by atoms with Gasteiger partial charge in [0.25, 0.3) is 0 Å². The average Bonchev–Trinajstić information content (AvgIpc) is 2.20. The number of allylic oxidation sites excluding steroid dienone is 1. The Balaban J connectivity index is 2.58. The molecule has 0 aromatic carbocycles. The molecular weight excluding hydrogens is 174 g/mol. The summed E-state index contributed by atoms with van der Waals surface area (Å²) in [6.45, 7) is 5.93. The lowest BCUT2D eigenvalue weighted by molar-refractivity contribution is 0.519. The van der Waals surface area contributed by atoms with Crippen molar-refractivity contribution in [2.24, 2.45) is 0 Å². The van der Waals surface area contributed by atoms with E-state index in [1.807, 2.05) is 20.0 Å². The van der Waals surface area contributed by atoms with Crippen LogP contribution < -0.4 is 5.32 Å². The van der Waals surface area contributed by atoms with Crippen LogP contribution in [0.2, 0.25) is 0 Å². The maximum Gasteiger partial charge on any atom is 0.145 e. The van der Waals surface area contributed by atoms with Gasteiger partial charge in [0.2, 0.25) is 0 Å². The zero-order valence-corrected chi connectivity index (χ0v) is 8.83. The molecule has 0 saturated carbocycles. The lowest BCUT2D eigenvalue weighted by Gasteiger charge is -2.13. The largest absolute Gasteiger partial charge is 0.310 e. The molecule has 0 bridgehead atoms. The van der Waals surface area contributed by atoms with E-state index in [4.69, 9.17) is 0 Å². The summed E-state index contributed by atoms with van der Waals surface area (Å²) in [4.78, 5) is 8.45. The zero-order valence-electron chi connectivity index (χ0n) is 8.83. The first kappa shape index (κ1) is 10.9. The Labute approximate surface area is 85.3 Å². The van der Waals surface area contributed by atoms with Crippen LogP contribution in [-0.2, 0) is 0 Å². The molecule has 0 saturated heterocycles. The van der Waals surface area contributed by atoms with Crippen LogP contribution in [0.25, 0.3) is 0 Å². The second kappa shape index (κ2) is 5.50. The maximum atomic E-state index is 4.22. The molecule has 0 fully saturated rings. The normalized spacial score (nSPS) is 12.4. The minimum absolute atomic E-state index is 0.230. The molecule has 0 amide bonds. The Kier molecular flexibility index (Phi) is 4.26. The maximum absolute atomic E-state index is 4.22. The molecule has 1 heterocycles. The zero-order chi connectivity index (χ0) is 10.4. The van der Waals surface area contributed by atoms with Gasteiger partial charge in [-0.05, 0) is 32.9 Å². The molecule has 1 N–H and O–H groups in total. The summed E-state index contributed by atoms with van der Waals surface area (Å²) >= 11 is 0. The smallest absolute Gasteiger partial charge is 0.145 e. The fourth-order valence-electron chi connectivity index (χ4n) is 1.28. The summed E-state index contributed by atoms with van der Waals surface area (Å²) in [5, 5.41) is 3.21. The van der Waals surface area contributed by atoms with Crippen LogP contribution >= 0.6 is 0 Å². The molecule has 1 atom stereocenters. The van der Waals surface area contributed by atoms with Crippen LogP contribution in [-0.4, -0.2) is 17.0 Å². The van der Waals surface area contributed by atoms with Gasteiger partial charge in [-0.2, -0.15) is 0 Å². The highest BCUT2D eigenvalue weighted by Gasteiger charge is 2.10. The third-order valence-electron chi connectivity index (χ3n) is 2.11. The molecular formula is C11H17N3. The van der Waals surface area contributed by atoms with Crippen molar-refractivity contribution >= 4 is 0 Å². The lowest BCUT2D eigenvalue weighted by Crippen LogP contribution is -2.18.